The lowest BCUT2D eigenvalue weighted by Gasteiger charge is -2.22. The third-order valence-corrected chi connectivity index (χ3v) is 4.43. The number of nitrogens with one attached hydrogen (secondary N) is 1. The molecule has 2 heterocycles. The summed E-state index contributed by atoms with van der Waals surface area (Å²) in [5.41, 5.74) is 2.09. The summed E-state index contributed by atoms with van der Waals surface area (Å²) in [5, 5.41) is 7.41. The van der Waals surface area contributed by atoms with Crippen LogP contribution in [-0.4, -0.2) is 22.3 Å². The van der Waals surface area contributed by atoms with Gasteiger partial charge in [-0.2, -0.15) is 5.10 Å². The zero-order valence-corrected chi connectivity index (χ0v) is 13.6. The first-order chi connectivity index (χ1) is 11.2. The van der Waals surface area contributed by atoms with Crippen molar-refractivity contribution in [2.75, 3.05) is 6.61 Å². The second-order valence-corrected chi connectivity index (χ2v) is 5.90. The average Bonchev–Trinajstić information content (AvgIpc) is 3.23. The molecule has 122 valence electrons. The van der Waals surface area contributed by atoms with E-state index in [9.17, 15) is 4.79 Å². The molecule has 1 N–H and O–H groups in total. The predicted octanol–water partition coefficient (Wildman–Crippen LogP) is 2.86. The van der Waals surface area contributed by atoms with E-state index >= 15 is 0 Å². The maximum Gasteiger partial charge on any atom is 0.226 e. The van der Waals surface area contributed by atoms with Crippen LogP contribution in [0.1, 0.15) is 43.7 Å². The van der Waals surface area contributed by atoms with Gasteiger partial charge in [-0.1, -0.05) is 30.3 Å². The Kier molecular flexibility index (Phi) is 4.76. The number of nitrogens with zero attached hydrogens (tertiary/aromatic N) is 2. The SMILES string of the molecule is CCn1nccc1[C@@H]1OCC[C@H]1C(=O)N[C@H](C)c1ccccc1. The van der Waals surface area contributed by atoms with Crippen molar-refractivity contribution < 1.29 is 9.53 Å². The Morgan fingerprint density at radius 1 is 1.39 bits per heavy atom. The molecule has 5 heteroatoms. The van der Waals surface area contributed by atoms with Crippen molar-refractivity contribution in [2.45, 2.75) is 39.0 Å². The van der Waals surface area contributed by atoms with E-state index in [-0.39, 0.29) is 24.0 Å². The van der Waals surface area contributed by atoms with E-state index in [4.69, 9.17) is 4.74 Å². The summed E-state index contributed by atoms with van der Waals surface area (Å²) < 4.78 is 7.74. The van der Waals surface area contributed by atoms with Crippen LogP contribution in [0.2, 0.25) is 0 Å². The van der Waals surface area contributed by atoms with Gasteiger partial charge in [-0.25, -0.2) is 0 Å². The molecule has 1 aliphatic heterocycles. The summed E-state index contributed by atoms with van der Waals surface area (Å²) in [6, 6.07) is 11.9. The van der Waals surface area contributed by atoms with Crippen LogP contribution in [0.5, 0.6) is 0 Å². The molecule has 0 unspecified atom stereocenters. The molecule has 0 bridgehead atoms. The molecule has 0 aliphatic carbocycles. The molecular weight excluding hydrogens is 290 g/mol. The molecule has 3 atom stereocenters. The smallest absolute Gasteiger partial charge is 0.226 e. The summed E-state index contributed by atoms with van der Waals surface area (Å²) in [6.45, 7) is 5.43. The third-order valence-electron chi connectivity index (χ3n) is 4.43. The first kappa shape index (κ1) is 15.7. The van der Waals surface area contributed by atoms with Crippen LogP contribution >= 0.6 is 0 Å². The van der Waals surface area contributed by atoms with E-state index in [1.807, 2.05) is 54.9 Å². The van der Waals surface area contributed by atoms with Gasteiger partial charge in [0.05, 0.1) is 17.7 Å². The van der Waals surface area contributed by atoms with Crippen molar-refractivity contribution in [3.8, 4) is 0 Å². The zero-order chi connectivity index (χ0) is 16.2. The number of hydrogen-bond acceptors (Lipinski definition) is 3. The first-order valence-corrected chi connectivity index (χ1v) is 8.19. The van der Waals surface area contributed by atoms with Crippen LogP contribution in [-0.2, 0) is 16.1 Å². The van der Waals surface area contributed by atoms with Crippen LogP contribution in [0.25, 0.3) is 0 Å². The molecule has 0 spiro atoms. The van der Waals surface area contributed by atoms with Gasteiger partial charge < -0.3 is 10.1 Å². The molecule has 1 saturated heterocycles. The highest BCUT2D eigenvalue weighted by atomic mass is 16.5. The summed E-state index contributed by atoms with van der Waals surface area (Å²) in [5.74, 6) is -0.115. The van der Waals surface area contributed by atoms with Crippen molar-refractivity contribution in [1.29, 1.82) is 0 Å². The number of rotatable bonds is 5. The molecule has 3 rings (SSSR count). The molecule has 23 heavy (non-hydrogen) atoms. The Bertz CT molecular complexity index is 653. The Morgan fingerprint density at radius 3 is 2.91 bits per heavy atom. The molecule has 1 fully saturated rings. The van der Waals surface area contributed by atoms with Gasteiger partial charge >= 0.3 is 0 Å². The van der Waals surface area contributed by atoms with Gasteiger partial charge in [0.2, 0.25) is 5.91 Å². The maximum absolute atomic E-state index is 12.7. The topological polar surface area (TPSA) is 56.2 Å². The number of carbonyl (C=O) groups excluding carboxylic acids is 1. The fourth-order valence-corrected chi connectivity index (χ4v) is 3.14. The van der Waals surface area contributed by atoms with Crippen LogP contribution < -0.4 is 5.32 Å². The molecule has 5 nitrogen and oxygen atoms in total. The van der Waals surface area contributed by atoms with Gasteiger partial charge in [-0.05, 0) is 31.9 Å². The van der Waals surface area contributed by atoms with Gasteiger partial charge in [0.25, 0.3) is 0 Å². The van der Waals surface area contributed by atoms with Gasteiger partial charge in [0, 0.05) is 19.3 Å². The van der Waals surface area contributed by atoms with Crippen LogP contribution in [0.3, 0.4) is 0 Å². The summed E-state index contributed by atoms with van der Waals surface area (Å²) >= 11 is 0. The minimum atomic E-state index is -0.208. The quantitative estimate of drug-likeness (QED) is 0.923. The highest BCUT2D eigenvalue weighted by Crippen LogP contribution is 2.35. The molecule has 1 aliphatic rings. The number of amides is 1. The van der Waals surface area contributed by atoms with E-state index in [0.717, 1.165) is 24.2 Å². The summed E-state index contributed by atoms with van der Waals surface area (Å²) in [6.07, 6.45) is 2.30. The van der Waals surface area contributed by atoms with Crippen molar-refractivity contribution in [3.05, 3.63) is 53.9 Å². The Balaban J connectivity index is 1.71. The number of aryl methyl sites for hydroxylation is 1. The van der Waals surface area contributed by atoms with E-state index in [1.54, 1.807) is 6.20 Å². The van der Waals surface area contributed by atoms with Gasteiger partial charge in [0.15, 0.2) is 0 Å². The predicted molar refractivity (Wildman–Crippen MR) is 87.7 cm³/mol. The monoisotopic (exact) mass is 313 g/mol. The van der Waals surface area contributed by atoms with Crippen LogP contribution in [0, 0.1) is 5.92 Å². The van der Waals surface area contributed by atoms with E-state index < -0.39 is 0 Å². The zero-order valence-electron chi connectivity index (χ0n) is 13.6. The third kappa shape index (κ3) is 3.29. The normalized spacial score (nSPS) is 22.0. The van der Waals surface area contributed by atoms with Crippen molar-refractivity contribution in [1.82, 2.24) is 15.1 Å². The minimum absolute atomic E-state index is 0.0129. The molecule has 1 amide bonds. The number of aromatic nitrogens is 2. The lowest BCUT2D eigenvalue weighted by atomic mass is 9.97. The standard InChI is InChI=1S/C18H23N3O2/c1-3-21-16(9-11-19-21)17-15(10-12-23-17)18(22)20-13(2)14-7-5-4-6-8-14/h4-9,11,13,15,17H,3,10,12H2,1-2H3,(H,20,22)/t13-,15-,17-/m1/s1. The second kappa shape index (κ2) is 6.96. The largest absolute Gasteiger partial charge is 0.371 e. The molecular formula is C18H23N3O2. The molecule has 1 aromatic heterocycles. The summed E-state index contributed by atoms with van der Waals surface area (Å²) in [4.78, 5) is 12.7. The van der Waals surface area contributed by atoms with Crippen LogP contribution in [0.4, 0.5) is 0 Å². The first-order valence-electron chi connectivity index (χ1n) is 8.19. The Morgan fingerprint density at radius 2 is 2.17 bits per heavy atom. The molecule has 1 aromatic carbocycles. The van der Waals surface area contributed by atoms with E-state index in [1.165, 1.54) is 0 Å². The van der Waals surface area contributed by atoms with E-state index in [2.05, 4.69) is 10.4 Å². The van der Waals surface area contributed by atoms with E-state index in [0.29, 0.717) is 6.61 Å². The Hall–Kier alpha value is -2.14. The number of carbonyl (C=O) groups is 1. The lowest BCUT2D eigenvalue weighted by molar-refractivity contribution is -0.127. The number of benzene rings is 1. The molecule has 0 saturated carbocycles. The number of hydrogen-bond donors (Lipinski definition) is 1. The fourth-order valence-electron chi connectivity index (χ4n) is 3.14. The van der Waals surface area contributed by atoms with Crippen molar-refractivity contribution in [3.63, 3.8) is 0 Å². The second-order valence-electron chi connectivity index (χ2n) is 5.90. The fraction of sp³-hybridized carbons (Fsp3) is 0.444. The highest BCUT2D eigenvalue weighted by molar-refractivity contribution is 5.80. The van der Waals surface area contributed by atoms with Crippen molar-refractivity contribution in [2.24, 2.45) is 5.92 Å². The molecule has 2 aromatic rings. The maximum atomic E-state index is 12.7. The van der Waals surface area contributed by atoms with Gasteiger partial charge in [0.1, 0.15) is 6.10 Å². The van der Waals surface area contributed by atoms with Crippen molar-refractivity contribution >= 4 is 5.91 Å². The van der Waals surface area contributed by atoms with Gasteiger partial charge in [-0.3, -0.25) is 9.48 Å². The minimum Gasteiger partial charge on any atom is -0.371 e. The van der Waals surface area contributed by atoms with Gasteiger partial charge in [-0.15, -0.1) is 0 Å². The average molecular weight is 313 g/mol. The number of ether oxygens (including phenoxy) is 1. The lowest BCUT2D eigenvalue weighted by Crippen LogP contribution is -2.34. The Labute approximate surface area is 136 Å². The molecule has 0 radical (unpaired) electrons. The van der Waals surface area contributed by atoms with Crippen LogP contribution in [0.15, 0.2) is 42.6 Å². The highest BCUT2D eigenvalue weighted by Gasteiger charge is 2.37. The summed E-state index contributed by atoms with van der Waals surface area (Å²) in [7, 11) is 0.